The molecule has 0 fully saturated rings. The van der Waals surface area contributed by atoms with Gasteiger partial charge in [0.05, 0.1) is 9.93 Å². The van der Waals surface area contributed by atoms with Gasteiger partial charge in [0, 0.05) is 10.6 Å². The summed E-state index contributed by atoms with van der Waals surface area (Å²) >= 11 is 5.71. The van der Waals surface area contributed by atoms with Gasteiger partial charge < -0.3 is 12.4 Å². The van der Waals surface area contributed by atoms with Crippen molar-refractivity contribution >= 4 is 21.5 Å². The fourth-order valence-corrected chi connectivity index (χ4v) is 2.10. The van der Waals surface area contributed by atoms with Crippen molar-refractivity contribution in [2.75, 3.05) is 12.5 Å². The molecule has 0 aliphatic heterocycles. The third kappa shape index (κ3) is 5.29. The van der Waals surface area contributed by atoms with Gasteiger partial charge in [0.25, 0.3) is 0 Å². The monoisotopic (exact) mass is 238 g/mol. The Balaban J connectivity index is 0.00000144. The van der Waals surface area contributed by atoms with E-state index in [9.17, 15) is 4.21 Å². The van der Waals surface area contributed by atoms with Crippen LogP contribution < -0.4 is 12.4 Å². The zero-order valence-corrected chi connectivity index (χ0v) is 9.92. The van der Waals surface area contributed by atoms with Crippen molar-refractivity contribution in [1.29, 1.82) is 0 Å². The lowest BCUT2D eigenvalue weighted by Crippen LogP contribution is -3.00. The van der Waals surface area contributed by atoms with Gasteiger partial charge in [-0.2, -0.15) is 0 Å². The Morgan fingerprint density at radius 1 is 1.23 bits per heavy atom. The molecule has 0 aromatic heterocycles. The Kier molecular flexibility index (Phi) is 4.97. The summed E-state index contributed by atoms with van der Waals surface area (Å²) in [5, 5.41) is 0.720. The summed E-state index contributed by atoms with van der Waals surface area (Å²) in [5.74, 6) is 0.629. The maximum atomic E-state index is 11.4. The lowest BCUT2D eigenvalue weighted by atomic mass is 10.2. The van der Waals surface area contributed by atoms with E-state index in [0.717, 1.165) is 10.6 Å². The van der Waals surface area contributed by atoms with Gasteiger partial charge in [0.15, 0.2) is 0 Å². The maximum absolute atomic E-state index is 11.4. The van der Waals surface area contributed by atoms with Gasteiger partial charge in [-0.15, -0.1) is 4.21 Å². The van der Waals surface area contributed by atoms with Crippen molar-refractivity contribution in [3.05, 3.63) is 34.9 Å². The highest BCUT2D eigenvalue weighted by Gasteiger charge is 2.12. The first kappa shape index (κ1) is 12.9. The van der Waals surface area contributed by atoms with Gasteiger partial charge in [-0.3, -0.25) is 0 Å². The van der Waals surface area contributed by atoms with Crippen molar-refractivity contribution in [3.63, 3.8) is 0 Å². The van der Waals surface area contributed by atoms with Crippen molar-refractivity contribution in [1.82, 2.24) is 0 Å². The van der Waals surface area contributed by atoms with Gasteiger partial charge in [-0.05, 0) is 12.1 Å². The van der Waals surface area contributed by atoms with E-state index in [0.29, 0.717) is 5.75 Å². The van der Waals surface area contributed by atoms with Gasteiger partial charge in [0.2, 0.25) is 0 Å². The molecule has 0 spiro atoms. The van der Waals surface area contributed by atoms with Crippen molar-refractivity contribution in [2.45, 2.75) is 5.75 Å². The second-order valence-electron chi connectivity index (χ2n) is 3.21. The van der Waals surface area contributed by atoms with Crippen LogP contribution in [-0.2, 0) is 19.9 Å². The van der Waals surface area contributed by atoms with Gasteiger partial charge in [-0.25, -0.2) is 0 Å². The van der Waals surface area contributed by atoms with Crippen LogP contribution in [0.2, 0.25) is 5.02 Å². The van der Waals surface area contributed by atoms with Gasteiger partial charge in [0.1, 0.15) is 18.3 Å². The third-order valence-electron chi connectivity index (χ3n) is 1.43. The zero-order chi connectivity index (χ0) is 9.19. The highest BCUT2D eigenvalue weighted by atomic mass is 35.5. The summed E-state index contributed by atoms with van der Waals surface area (Å²) in [5.41, 5.74) is 1.08. The summed E-state index contributed by atoms with van der Waals surface area (Å²) in [6.07, 6.45) is 3.53. The molecule has 1 nitrogen and oxygen atoms in total. The average Bonchev–Trinajstić information content (AvgIpc) is 1.91. The molecule has 0 unspecified atom stereocenters. The molecule has 1 aromatic rings. The van der Waals surface area contributed by atoms with Crippen LogP contribution in [0.25, 0.3) is 0 Å². The summed E-state index contributed by atoms with van der Waals surface area (Å²) in [6.45, 7) is 0. The van der Waals surface area contributed by atoms with E-state index in [1.165, 1.54) is 0 Å². The SMILES string of the molecule is C[S+](C)(=O)Cc1ccc(Cl)cc1.[Cl-]. The molecule has 0 atom stereocenters. The summed E-state index contributed by atoms with van der Waals surface area (Å²) in [7, 11) is -1.68. The second kappa shape index (κ2) is 4.99. The molecule has 0 saturated heterocycles. The molecule has 0 radical (unpaired) electrons. The maximum Gasteiger partial charge on any atom is 0.136 e. The molecule has 0 aliphatic carbocycles. The first-order valence-electron chi connectivity index (χ1n) is 3.64. The van der Waals surface area contributed by atoms with Crippen molar-refractivity contribution in [3.8, 4) is 0 Å². The molecule has 0 amide bonds. The van der Waals surface area contributed by atoms with E-state index in [2.05, 4.69) is 0 Å². The minimum Gasteiger partial charge on any atom is -1.00 e. The average molecular weight is 239 g/mol. The molecular weight excluding hydrogens is 227 g/mol. The number of halogens is 2. The van der Waals surface area contributed by atoms with E-state index in [1.807, 2.05) is 24.3 Å². The Morgan fingerprint density at radius 2 is 1.69 bits per heavy atom. The molecule has 1 rings (SSSR count). The molecule has 4 heteroatoms. The minimum absolute atomic E-state index is 0. The molecule has 0 heterocycles. The number of benzene rings is 1. The van der Waals surface area contributed by atoms with Crippen LogP contribution in [0.4, 0.5) is 0 Å². The molecular formula is C9H12Cl2OS. The molecule has 1 aromatic carbocycles. The lowest BCUT2D eigenvalue weighted by Gasteiger charge is -2.00. The molecule has 13 heavy (non-hydrogen) atoms. The number of rotatable bonds is 2. The standard InChI is InChI=1S/C9H12ClOS.ClH/c1-12(2,11)7-8-3-5-9(10)6-4-8;/h3-6H,7H2,1-2H3;1H/q+1;/p-1. The van der Waals surface area contributed by atoms with Gasteiger partial charge in [-0.1, -0.05) is 23.7 Å². The topological polar surface area (TPSA) is 17.1 Å². The first-order chi connectivity index (χ1) is 5.47. The van der Waals surface area contributed by atoms with Crippen LogP contribution in [0.15, 0.2) is 24.3 Å². The summed E-state index contributed by atoms with van der Waals surface area (Å²) in [6, 6.07) is 7.47. The Labute approximate surface area is 91.3 Å². The third-order valence-corrected chi connectivity index (χ3v) is 2.71. The van der Waals surface area contributed by atoms with E-state index in [-0.39, 0.29) is 12.4 Å². The van der Waals surface area contributed by atoms with Crippen LogP contribution in [0.3, 0.4) is 0 Å². The molecule has 0 saturated carbocycles. The fourth-order valence-electron chi connectivity index (χ4n) is 0.982. The first-order valence-corrected chi connectivity index (χ1v) is 6.56. The van der Waals surface area contributed by atoms with E-state index in [4.69, 9.17) is 11.6 Å². The van der Waals surface area contributed by atoms with E-state index >= 15 is 0 Å². The molecule has 74 valence electrons. The smallest absolute Gasteiger partial charge is 0.136 e. The lowest BCUT2D eigenvalue weighted by molar-refractivity contribution is -0.00000401. The van der Waals surface area contributed by atoms with Crippen LogP contribution >= 0.6 is 11.6 Å². The zero-order valence-electron chi connectivity index (χ0n) is 7.59. The summed E-state index contributed by atoms with van der Waals surface area (Å²) < 4.78 is 11.4. The molecule has 0 aliphatic rings. The quantitative estimate of drug-likeness (QED) is 0.642. The Morgan fingerprint density at radius 3 is 2.08 bits per heavy atom. The largest absolute Gasteiger partial charge is 1.00 e. The highest BCUT2D eigenvalue weighted by molar-refractivity contribution is 8.00. The normalized spacial score (nSPS) is 10.7. The number of hydrogen-bond acceptors (Lipinski definition) is 1. The fraction of sp³-hybridized carbons (Fsp3) is 0.333. The predicted molar refractivity (Wildman–Crippen MR) is 55.1 cm³/mol. The molecule has 0 bridgehead atoms. The van der Waals surface area contributed by atoms with Crippen molar-refractivity contribution in [2.24, 2.45) is 0 Å². The van der Waals surface area contributed by atoms with E-state index < -0.39 is 9.93 Å². The van der Waals surface area contributed by atoms with Crippen LogP contribution in [-0.4, -0.2) is 12.5 Å². The Hall–Kier alpha value is -0.0500. The molecule has 0 N–H and O–H groups in total. The van der Waals surface area contributed by atoms with Crippen LogP contribution in [0.5, 0.6) is 0 Å². The summed E-state index contributed by atoms with van der Waals surface area (Å²) in [4.78, 5) is 0. The predicted octanol–water partition coefficient (Wildman–Crippen LogP) is -0.397. The van der Waals surface area contributed by atoms with Crippen LogP contribution in [0.1, 0.15) is 5.56 Å². The van der Waals surface area contributed by atoms with Gasteiger partial charge >= 0.3 is 0 Å². The Bertz CT molecular complexity index is 302. The van der Waals surface area contributed by atoms with Crippen molar-refractivity contribution < 1.29 is 16.6 Å². The minimum atomic E-state index is -1.68. The highest BCUT2D eigenvalue weighted by Crippen LogP contribution is 2.13. The van der Waals surface area contributed by atoms with Crippen LogP contribution in [0, 0.1) is 0 Å². The number of hydrogen-bond donors (Lipinski definition) is 0. The van der Waals surface area contributed by atoms with E-state index in [1.54, 1.807) is 12.5 Å². The second-order valence-corrected chi connectivity index (χ2v) is 6.81.